The summed E-state index contributed by atoms with van der Waals surface area (Å²) in [7, 11) is 0. The highest BCUT2D eigenvalue weighted by Gasteiger charge is 2.06. The normalized spacial score (nSPS) is 11.6. The quantitative estimate of drug-likeness (QED) is 0.585. The largest absolute Gasteiger partial charge is 0.233 e. The first-order chi connectivity index (χ1) is 6.72. The van der Waals surface area contributed by atoms with Gasteiger partial charge in [-0.05, 0) is 41.6 Å². The Balaban J connectivity index is 2.49. The topological polar surface area (TPSA) is 25.8 Å². The summed E-state index contributed by atoms with van der Waals surface area (Å²) >= 11 is 5.71. The number of aryl methyl sites for hydroxylation is 1. The smallest absolute Gasteiger partial charge is 0.143 e. The van der Waals surface area contributed by atoms with Gasteiger partial charge in [-0.15, -0.1) is 22.7 Å². The average molecular weight is 332 g/mol. The minimum Gasteiger partial charge on any atom is -0.233 e. The zero-order chi connectivity index (χ0) is 9.71. The van der Waals surface area contributed by atoms with E-state index in [1.54, 1.807) is 22.7 Å². The Hall–Kier alpha value is -0.270. The maximum Gasteiger partial charge on any atom is 0.143 e. The van der Waals surface area contributed by atoms with E-state index in [1.807, 2.05) is 0 Å². The maximum absolute atomic E-state index is 4.58. The van der Waals surface area contributed by atoms with Gasteiger partial charge in [-0.2, -0.15) is 0 Å². The number of thiophene rings is 2. The first-order valence-corrected chi connectivity index (χ1v) is 6.77. The summed E-state index contributed by atoms with van der Waals surface area (Å²) in [6.07, 6.45) is 0. The molecule has 0 atom stereocenters. The molecular formula is C9H5IN2S2. The molecule has 0 saturated carbocycles. The van der Waals surface area contributed by atoms with Gasteiger partial charge in [-0.3, -0.25) is 0 Å². The van der Waals surface area contributed by atoms with Crippen LogP contribution in [-0.2, 0) is 0 Å². The van der Waals surface area contributed by atoms with E-state index in [0.29, 0.717) is 0 Å². The van der Waals surface area contributed by atoms with Gasteiger partial charge < -0.3 is 0 Å². The van der Waals surface area contributed by atoms with Crippen LogP contribution in [0, 0.1) is 9.81 Å². The molecule has 0 aromatic carbocycles. The highest BCUT2D eigenvalue weighted by Crippen LogP contribution is 2.29. The maximum atomic E-state index is 4.58. The lowest BCUT2D eigenvalue weighted by Crippen LogP contribution is -1.76. The molecule has 0 spiro atoms. The van der Waals surface area contributed by atoms with Gasteiger partial charge in [0.1, 0.15) is 20.7 Å². The standard InChI is InChI=1S/C9H5IN2S2/c1-4-2-5-8(13-4)12-6-3-7(10)14-9(6)11-5/h2-3H,1H3. The molecule has 3 aromatic rings. The molecule has 3 rings (SSSR count). The lowest BCUT2D eigenvalue weighted by Gasteiger charge is -1.87. The van der Waals surface area contributed by atoms with E-state index in [2.05, 4.69) is 51.6 Å². The van der Waals surface area contributed by atoms with Crippen molar-refractivity contribution in [2.24, 2.45) is 0 Å². The van der Waals surface area contributed by atoms with Crippen molar-refractivity contribution in [2.45, 2.75) is 6.92 Å². The summed E-state index contributed by atoms with van der Waals surface area (Å²) in [5.74, 6) is 0. The van der Waals surface area contributed by atoms with Crippen LogP contribution in [0.25, 0.3) is 20.7 Å². The molecule has 0 N–H and O–H groups in total. The molecule has 0 aliphatic heterocycles. The molecule has 0 aliphatic rings. The molecule has 2 nitrogen and oxygen atoms in total. The van der Waals surface area contributed by atoms with Gasteiger partial charge in [-0.1, -0.05) is 0 Å². The van der Waals surface area contributed by atoms with E-state index >= 15 is 0 Å². The predicted molar refractivity (Wildman–Crippen MR) is 70.3 cm³/mol. The van der Waals surface area contributed by atoms with E-state index in [1.165, 1.54) is 7.76 Å². The van der Waals surface area contributed by atoms with Crippen LogP contribution < -0.4 is 0 Å². The third-order valence-electron chi connectivity index (χ3n) is 1.92. The molecule has 70 valence electrons. The average Bonchev–Trinajstić information content (AvgIpc) is 2.59. The molecule has 0 radical (unpaired) electrons. The second-order valence-electron chi connectivity index (χ2n) is 3.01. The van der Waals surface area contributed by atoms with Gasteiger partial charge in [0.05, 0.1) is 2.88 Å². The van der Waals surface area contributed by atoms with Crippen LogP contribution in [0.4, 0.5) is 0 Å². The molecule has 0 fully saturated rings. The van der Waals surface area contributed by atoms with Gasteiger partial charge in [-0.25, -0.2) is 9.97 Å². The lowest BCUT2D eigenvalue weighted by atomic mass is 10.4. The number of rotatable bonds is 0. The van der Waals surface area contributed by atoms with Crippen LogP contribution >= 0.6 is 45.3 Å². The van der Waals surface area contributed by atoms with Gasteiger partial charge in [0.15, 0.2) is 0 Å². The lowest BCUT2D eigenvalue weighted by molar-refractivity contribution is 1.46. The van der Waals surface area contributed by atoms with E-state index in [0.717, 1.165) is 20.7 Å². The summed E-state index contributed by atoms with van der Waals surface area (Å²) < 4.78 is 1.24. The van der Waals surface area contributed by atoms with Gasteiger partial charge in [0.25, 0.3) is 0 Å². The van der Waals surface area contributed by atoms with E-state index in [-0.39, 0.29) is 0 Å². The van der Waals surface area contributed by atoms with Crippen LogP contribution in [0.3, 0.4) is 0 Å². The van der Waals surface area contributed by atoms with Gasteiger partial charge in [0, 0.05) is 4.88 Å². The molecule has 0 aliphatic carbocycles. The molecule has 3 heterocycles. The van der Waals surface area contributed by atoms with Crippen molar-refractivity contribution in [2.75, 3.05) is 0 Å². The van der Waals surface area contributed by atoms with Crippen molar-refractivity contribution in [3.63, 3.8) is 0 Å². The van der Waals surface area contributed by atoms with Crippen molar-refractivity contribution in [3.05, 3.63) is 19.9 Å². The Kier molecular flexibility index (Phi) is 2.00. The summed E-state index contributed by atoms with van der Waals surface area (Å²) in [5.41, 5.74) is 2.05. The molecule has 3 aromatic heterocycles. The monoisotopic (exact) mass is 332 g/mol. The second kappa shape index (κ2) is 3.11. The van der Waals surface area contributed by atoms with Crippen LogP contribution in [0.15, 0.2) is 12.1 Å². The number of hydrogen-bond donors (Lipinski definition) is 0. The summed E-state index contributed by atoms with van der Waals surface area (Å²) in [5, 5.41) is 0. The van der Waals surface area contributed by atoms with Crippen molar-refractivity contribution in [1.82, 2.24) is 9.97 Å². The Morgan fingerprint density at radius 2 is 1.71 bits per heavy atom. The third kappa shape index (κ3) is 1.34. The Labute approximate surface area is 102 Å². The number of fused-ring (bicyclic) bond motifs is 2. The van der Waals surface area contributed by atoms with Crippen molar-refractivity contribution in [3.8, 4) is 0 Å². The Bertz CT molecular complexity index is 523. The SMILES string of the molecule is Cc1cc2nc3sc(I)cc3nc2s1. The summed E-state index contributed by atoms with van der Waals surface area (Å²) in [6.45, 7) is 2.09. The van der Waals surface area contributed by atoms with Crippen LogP contribution in [0.2, 0.25) is 0 Å². The van der Waals surface area contributed by atoms with Crippen LogP contribution in [-0.4, -0.2) is 9.97 Å². The fraction of sp³-hybridized carbons (Fsp3) is 0.111. The zero-order valence-electron chi connectivity index (χ0n) is 7.24. The molecule has 14 heavy (non-hydrogen) atoms. The fourth-order valence-electron chi connectivity index (χ4n) is 1.37. The highest BCUT2D eigenvalue weighted by molar-refractivity contribution is 14.1. The molecule has 5 heteroatoms. The molecule has 0 amide bonds. The predicted octanol–water partition coefficient (Wildman–Crippen LogP) is 3.82. The number of aromatic nitrogens is 2. The Morgan fingerprint density at radius 3 is 2.50 bits per heavy atom. The number of hydrogen-bond acceptors (Lipinski definition) is 4. The van der Waals surface area contributed by atoms with Crippen LogP contribution in [0.1, 0.15) is 4.88 Å². The van der Waals surface area contributed by atoms with E-state index in [9.17, 15) is 0 Å². The van der Waals surface area contributed by atoms with Crippen molar-refractivity contribution < 1.29 is 0 Å². The molecule has 0 saturated heterocycles. The molecule has 0 unspecified atom stereocenters. The van der Waals surface area contributed by atoms with E-state index in [4.69, 9.17) is 0 Å². The molecule has 0 bridgehead atoms. The van der Waals surface area contributed by atoms with Crippen molar-refractivity contribution >= 4 is 66.0 Å². The van der Waals surface area contributed by atoms with Gasteiger partial charge in [0.2, 0.25) is 0 Å². The second-order valence-corrected chi connectivity index (χ2v) is 7.17. The van der Waals surface area contributed by atoms with Crippen LogP contribution in [0.5, 0.6) is 0 Å². The zero-order valence-corrected chi connectivity index (χ0v) is 11.0. The first kappa shape index (κ1) is 8.99. The summed E-state index contributed by atoms with van der Waals surface area (Å²) in [4.78, 5) is 12.5. The van der Waals surface area contributed by atoms with E-state index < -0.39 is 0 Å². The summed E-state index contributed by atoms with van der Waals surface area (Å²) in [6, 6.07) is 4.18. The molecular weight excluding hydrogens is 327 g/mol. The minimum absolute atomic E-state index is 1.02. The minimum atomic E-state index is 1.02. The van der Waals surface area contributed by atoms with Gasteiger partial charge >= 0.3 is 0 Å². The number of nitrogens with zero attached hydrogens (tertiary/aromatic N) is 2. The third-order valence-corrected chi connectivity index (χ3v) is 4.64. The first-order valence-electron chi connectivity index (χ1n) is 4.05. The van der Waals surface area contributed by atoms with Crippen molar-refractivity contribution in [1.29, 1.82) is 0 Å². The highest BCUT2D eigenvalue weighted by atomic mass is 127. The Morgan fingerprint density at radius 1 is 1.07 bits per heavy atom. The number of halogens is 1. The fourth-order valence-corrected chi connectivity index (χ4v) is 3.83.